The van der Waals surface area contributed by atoms with Gasteiger partial charge in [-0.15, -0.1) is 0 Å². The van der Waals surface area contributed by atoms with Crippen LogP contribution in [0.2, 0.25) is 0 Å². The minimum Gasteiger partial charge on any atom is -0.347 e. The van der Waals surface area contributed by atoms with Crippen molar-refractivity contribution in [2.75, 3.05) is 13.2 Å². The van der Waals surface area contributed by atoms with Crippen molar-refractivity contribution in [3.05, 3.63) is 0 Å². The highest BCUT2D eigenvalue weighted by molar-refractivity contribution is 5.82. The molecule has 3 nitrogen and oxygen atoms in total. The molecule has 0 aromatic heterocycles. The van der Waals surface area contributed by atoms with E-state index in [2.05, 4.69) is 0 Å². The van der Waals surface area contributed by atoms with Gasteiger partial charge < -0.3 is 9.47 Å². The predicted octanol–water partition coefficient (Wildman–Crippen LogP) is 1.90. The second-order valence-electron chi connectivity index (χ2n) is 4.97. The molecule has 0 radical (unpaired) electrons. The molecule has 2 saturated carbocycles. The number of carbonyl (C=O) groups excluding carboxylic acids is 1. The largest absolute Gasteiger partial charge is 0.347 e. The number of ether oxygens (including phenoxy) is 2. The summed E-state index contributed by atoms with van der Waals surface area (Å²) in [5, 5.41) is 0. The van der Waals surface area contributed by atoms with Crippen molar-refractivity contribution in [1.29, 1.82) is 0 Å². The monoisotopic (exact) mass is 210 g/mol. The van der Waals surface area contributed by atoms with Crippen LogP contribution >= 0.6 is 0 Å². The number of fused-ring (bicyclic) bond motifs is 2. The van der Waals surface area contributed by atoms with Crippen molar-refractivity contribution < 1.29 is 14.3 Å². The lowest BCUT2D eigenvalue weighted by Gasteiger charge is -2.45. The minimum absolute atomic E-state index is 0.227. The molecule has 2 atom stereocenters. The molecule has 3 heteroatoms. The van der Waals surface area contributed by atoms with Gasteiger partial charge in [-0.05, 0) is 12.8 Å². The molecule has 3 rings (SSSR count). The minimum atomic E-state index is -0.376. The molecule has 3 fully saturated rings. The van der Waals surface area contributed by atoms with Crippen LogP contribution in [0.1, 0.15) is 38.5 Å². The summed E-state index contributed by atoms with van der Waals surface area (Å²) in [4.78, 5) is 11.9. The zero-order valence-electron chi connectivity index (χ0n) is 9.04. The first kappa shape index (κ1) is 9.79. The van der Waals surface area contributed by atoms with Crippen molar-refractivity contribution in [2.24, 2.45) is 11.8 Å². The number of hydrogen-bond donors (Lipinski definition) is 0. The van der Waals surface area contributed by atoms with E-state index in [-0.39, 0.29) is 11.7 Å². The summed E-state index contributed by atoms with van der Waals surface area (Å²) >= 11 is 0. The molecular weight excluding hydrogens is 192 g/mol. The molecule has 3 aliphatic rings. The Balaban J connectivity index is 1.87. The van der Waals surface area contributed by atoms with Crippen LogP contribution in [0.3, 0.4) is 0 Å². The Bertz CT molecular complexity index is 268. The lowest BCUT2D eigenvalue weighted by atomic mass is 9.67. The average molecular weight is 210 g/mol. The molecule has 1 heterocycles. The van der Waals surface area contributed by atoms with E-state index in [4.69, 9.17) is 9.47 Å². The van der Waals surface area contributed by atoms with Crippen LogP contribution in [-0.4, -0.2) is 24.8 Å². The van der Waals surface area contributed by atoms with Gasteiger partial charge in [0.25, 0.3) is 0 Å². The Morgan fingerprint density at radius 2 is 1.87 bits per heavy atom. The van der Waals surface area contributed by atoms with Gasteiger partial charge >= 0.3 is 0 Å². The molecule has 15 heavy (non-hydrogen) atoms. The molecule has 2 aliphatic carbocycles. The highest BCUT2D eigenvalue weighted by atomic mass is 16.7. The third-order valence-corrected chi connectivity index (χ3v) is 4.24. The quantitative estimate of drug-likeness (QED) is 0.612. The number of hydrogen-bond acceptors (Lipinski definition) is 3. The normalized spacial score (nSPS) is 39.3. The molecule has 1 spiro atoms. The molecular formula is C12H18O3. The van der Waals surface area contributed by atoms with Gasteiger partial charge in [0.05, 0.1) is 13.2 Å². The topological polar surface area (TPSA) is 35.5 Å². The van der Waals surface area contributed by atoms with Gasteiger partial charge in [-0.3, -0.25) is 4.79 Å². The van der Waals surface area contributed by atoms with Crippen LogP contribution in [0.25, 0.3) is 0 Å². The third-order valence-electron chi connectivity index (χ3n) is 4.24. The molecule has 0 aromatic carbocycles. The van der Waals surface area contributed by atoms with Gasteiger partial charge in [0.15, 0.2) is 5.79 Å². The van der Waals surface area contributed by atoms with Gasteiger partial charge in [0.1, 0.15) is 5.78 Å². The van der Waals surface area contributed by atoms with E-state index in [1.54, 1.807) is 0 Å². The Morgan fingerprint density at radius 3 is 2.67 bits per heavy atom. The van der Waals surface area contributed by atoms with E-state index in [1.165, 1.54) is 12.8 Å². The van der Waals surface area contributed by atoms with Crippen LogP contribution in [0.4, 0.5) is 0 Å². The van der Waals surface area contributed by atoms with Crippen LogP contribution in [-0.2, 0) is 14.3 Å². The molecule has 0 unspecified atom stereocenters. The maximum Gasteiger partial charge on any atom is 0.172 e. The van der Waals surface area contributed by atoms with Gasteiger partial charge in [0.2, 0.25) is 0 Å². The Labute approximate surface area is 90.1 Å². The fourth-order valence-electron chi connectivity index (χ4n) is 3.54. The van der Waals surface area contributed by atoms with E-state index >= 15 is 0 Å². The molecule has 0 bridgehead atoms. The first-order valence-corrected chi connectivity index (χ1v) is 6.12. The van der Waals surface area contributed by atoms with Crippen molar-refractivity contribution in [1.82, 2.24) is 0 Å². The van der Waals surface area contributed by atoms with E-state index < -0.39 is 0 Å². The molecule has 1 saturated heterocycles. The van der Waals surface area contributed by atoms with Gasteiger partial charge in [-0.25, -0.2) is 0 Å². The third kappa shape index (κ3) is 1.44. The first-order chi connectivity index (χ1) is 7.32. The van der Waals surface area contributed by atoms with Gasteiger partial charge in [0, 0.05) is 24.7 Å². The van der Waals surface area contributed by atoms with Crippen LogP contribution in [0, 0.1) is 11.8 Å². The molecule has 0 amide bonds. The van der Waals surface area contributed by atoms with Crippen LogP contribution < -0.4 is 0 Å². The summed E-state index contributed by atoms with van der Waals surface area (Å²) in [6.07, 6.45) is 6.02. The second-order valence-corrected chi connectivity index (χ2v) is 4.97. The van der Waals surface area contributed by atoms with Gasteiger partial charge in [-0.2, -0.15) is 0 Å². The summed E-state index contributed by atoms with van der Waals surface area (Å²) in [5.41, 5.74) is 0. The molecule has 0 N–H and O–H groups in total. The van der Waals surface area contributed by atoms with Crippen LogP contribution in [0.5, 0.6) is 0 Å². The van der Waals surface area contributed by atoms with Crippen LogP contribution in [0.15, 0.2) is 0 Å². The molecule has 1 aliphatic heterocycles. The fourth-order valence-corrected chi connectivity index (χ4v) is 3.54. The van der Waals surface area contributed by atoms with E-state index in [9.17, 15) is 4.79 Å². The lowest BCUT2D eigenvalue weighted by Crippen LogP contribution is -2.50. The standard InChI is InChI=1S/C12H18O3/c13-11-5-6-12(14-7-8-15-12)10-4-2-1-3-9(10)11/h9-10H,1-8H2/t9-,10-/m1/s1. The SMILES string of the molecule is O=C1CCC2(OCCO2)[C@@H]2CCCC[C@@H]12. The Hall–Kier alpha value is -0.410. The smallest absolute Gasteiger partial charge is 0.172 e. The number of carbonyl (C=O) groups is 1. The summed E-state index contributed by atoms with van der Waals surface area (Å²) in [7, 11) is 0. The fraction of sp³-hybridized carbons (Fsp3) is 0.917. The summed E-state index contributed by atoms with van der Waals surface area (Å²) in [5.74, 6) is 0.643. The van der Waals surface area contributed by atoms with Gasteiger partial charge in [-0.1, -0.05) is 12.8 Å². The highest BCUT2D eigenvalue weighted by Gasteiger charge is 2.53. The average Bonchev–Trinajstić information content (AvgIpc) is 2.74. The van der Waals surface area contributed by atoms with Crippen molar-refractivity contribution in [3.63, 3.8) is 0 Å². The van der Waals surface area contributed by atoms with Crippen molar-refractivity contribution in [2.45, 2.75) is 44.3 Å². The zero-order chi connectivity index (χ0) is 10.3. The maximum absolute atomic E-state index is 11.9. The summed E-state index contributed by atoms with van der Waals surface area (Å²) in [6.45, 7) is 1.41. The molecule has 84 valence electrons. The second kappa shape index (κ2) is 3.56. The number of Topliss-reactive ketones (excluding diaryl/α,β-unsaturated/α-hetero) is 1. The van der Waals surface area contributed by atoms with E-state index in [0.29, 0.717) is 31.3 Å². The predicted molar refractivity (Wildman–Crippen MR) is 54.3 cm³/mol. The van der Waals surface area contributed by atoms with Crippen molar-refractivity contribution >= 4 is 5.78 Å². The molecule has 0 aromatic rings. The highest BCUT2D eigenvalue weighted by Crippen LogP contribution is 2.48. The Kier molecular flexibility index (Phi) is 2.33. The van der Waals surface area contributed by atoms with E-state index in [1.807, 2.05) is 0 Å². The van der Waals surface area contributed by atoms with Crippen molar-refractivity contribution in [3.8, 4) is 0 Å². The lowest BCUT2D eigenvalue weighted by molar-refractivity contribution is -0.228. The van der Waals surface area contributed by atoms with E-state index in [0.717, 1.165) is 19.3 Å². The maximum atomic E-state index is 11.9. The zero-order valence-corrected chi connectivity index (χ0v) is 9.04. The first-order valence-electron chi connectivity index (χ1n) is 6.12. The Morgan fingerprint density at radius 1 is 1.13 bits per heavy atom. The number of rotatable bonds is 0. The summed E-state index contributed by atoms with van der Waals surface area (Å²) in [6, 6.07) is 0. The summed E-state index contributed by atoms with van der Waals surface area (Å²) < 4.78 is 11.6. The number of ketones is 1.